The first-order valence-corrected chi connectivity index (χ1v) is 8.18. The highest BCUT2D eigenvalue weighted by Gasteiger charge is 2.08. The zero-order valence-electron chi connectivity index (χ0n) is 14.7. The van der Waals surface area contributed by atoms with Gasteiger partial charge in [-0.2, -0.15) is 4.98 Å². The van der Waals surface area contributed by atoms with Crippen molar-refractivity contribution in [3.8, 4) is 0 Å². The normalized spacial score (nSPS) is 10.3. The second kappa shape index (κ2) is 8.29. The summed E-state index contributed by atoms with van der Waals surface area (Å²) in [6.45, 7) is 9.78. The standard InChI is InChI=1S/C18H25N5O/c1-5-19-18-22-14(4)11-16(23-18)20-8-9-21-17(24)15-7-6-12(2)10-13(15)3/h6-7,10-11H,5,8-9H2,1-4H3,(H,21,24)(H2,19,20,22,23). The molecule has 1 heterocycles. The summed E-state index contributed by atoms with van der Waals surface area (Å²) in [4.78, 5) is 20.9. The van der Waals surface area contributed by atoms with Gasteiger partial charge in [-0.1, -0.05) is 17.7 Å². The number of hydrogen-bond acceptors (Lipinski definition) is 5. The Balaban J connectivity index is 1.85. The van der Waals surface area contributed by atoms with E-state index < -0.39 is 0 Å². The van der Waals surface area contributed by atoms with Crippen molar-refractivity contribution >= 4 is 17.7 Å². The predicted molar refractivity (Wildman–Crippen MR) is 97.7 cm³/mol. The molecular formula is C18H25N5O. The van der Waals surface area contributed by atoms with E-state index in [0.29, 0.717) is 24.6 Å². The van der Waals surface area contributed by atoms with Crippen LogP contribution in [0.1, 0.15) is 34.1 Å². The van der Waals surface area contributed by atoms with Crippen LogP contribution in [-0.4, -0.2) is 35.5 Å². The van der Waals surface area contributed by atoms with Gasteiger partial charge in [0, 0.05) is 37.0 Å². The van der Waals surface area contributed by atoms with Crippen molar-refractivity contribution < 1.29 is 4.79 Å². The quantitative estimate of drug-likeness (QED) is 0.681. The summed E-state index contributed by atoms with van der Waals surface area (Å²) >= 11 is 0. The lowest BCUT2D eigenvalue weighted by atomic mass is 10.1. The molecule has 0 spiro atoms. The predicted octanol–water partition coefficient (Wildman–Crippen LogP) is 2.68. The topological polar surface area (TPSA) is 78.9 Å². The number of anilines is 2. The minimum Gasteiger partial charge on any atom is -0.368 e. The first-order valence-electron chi connectivity index (χ1n) is 8.18. The number of rotatable bonds is 7. The molecule has 6 heteroatoms. The fraction of sp³-hybridized carbons (Fsp3) is 0.389. The number of nitrogens with one attached hydrogen (secondary N) is 3. The van der Waals surface area contributed by atoms with Crippen molar-refractivity contribution in [3.05, 3.63) is 46.6 Å². The molecule has 128 valence electrons. The van der Waals surface area contributed by atoms with Gasteiger partial charge in [0.05, 0.1) is 0 Å². The highest BCUT2D eigenvalue weighted by molar-refractivity contribution is 5.95. The van der Waals surface area contributed by atoms with Gasteiger partial charge in [-0.15, -0.1) is 0 Å². The Labute approximate surface area is 143 Å². The number of carbonyl (C=O) groups is 1. The molecule has 2 rings (SSSR count). The molecule has 1 aromatic carbocycles. The second-order valence-electron chi connectivity index (χ2n) is 5.75. The molecule has 0 saturated carbocycles. The van der Waals surface area contributed by atoms with Gasteiger partial charge < -0.3 is 16.0 Å². The number of benzene rings is 1. The minimum absolute atomic E-state index is 0.0542. The van der Waals surface area contributed by atoms with Crippen LogP contribution in [0.15, 0.2) is 24.3 Å². The summed E-state index contributed by atoms with van der Waals surface area (Å²) in [7, 11) is 0. The molecule has 0 aliphatic heterocycles. The van der Waals surface area contributed by atoms with Gasteiger partial charge in [0.2, 0.25) is 5.95 Å². The Bertz CT molecular complexity index is 715. The Kier molecular flexibility index (Phi) is 6.12. The molecule has 0 unspecified atom stereocenters. The number of nitrogens with zero attached hydrogens (tertiary/aromatic N) is 2. The molecule has 3 N–H and O–H groups in total. The van der Waals surface area contributed by atoms with Crippen LogP contribution in [0.25, 0.3) is 0 Å². The first-order chi connectivity index (χ1) is 11.5. The van der Waals surface area contributed by atoms with E-state index in [-0.39, 0.29) is 5.91 Å². The van der Waals surface area contributed by atoms with Gasteiger partial charge >= 0.3 is 0 Å². The summed E-state index contributed by atoms with van der Waals surface area (Å²) in [6.07, 6.45) is 0. The van der Waals surface area contributed by atoms with Crippen LogP contribution >= 0.6 is 0 Å². The Morgan fingerprint density at radius 2 is 1.83 bits per heavy atom. The van der Waals surface area contributed by atoms with Crippen LogP contribution in [0, 0.1) is 20.8 Å². The van der Waals surface area contributed by atoms with E-state index in [9.17, 15) is 4.79 Å². The van der Waals surface area contributed by atoms with Gasteiger partial charge in [0.25, 0.3) is 5.91 Å². The molecule has 0 radical (unpaired) electrons. The summed E-state index contributed by atoms with van der Waals surface area (Å²) in [5, 5.41) is 9.23. The lowest BCUT2D eigenvalue weighted by Gasteiger charge is -2.11. The molecule has 0 aliphatic carbocycles. The third-order valence-corrected chi connectivity index (χ3v) is 3.53. The van der Waals surface area contributed by atoms with Gasteiger partial charge in [0.15, 0.2) is 0 Å². The first kappa shape index (κ1) is 17.7. The van der Waals surface area contributed by atoms with Crippen molar-refractivity contribution in [2.75, 3.05) is 30.3 Å². The number of amides is 1. The molecule has 0 saturated heterocycles. The number of carbonyl (C=O) groups excluding carboxylic acids is 1. The van der Waals surface area contributed by atoms with Crippen molar-refractivity contribution in [1.82, 2.24) is 15.3 Å². The zero-order chi connectivity index (χ0) is 17.5. The van der Waals surface area contributed by atoms with Gasteiger partial charge in [-0.3, -0.25) is 4.79 Å². The second-order valence-corrected chi connectivity index (χ2v) is 5.75. The average molecular weight is 327 g/mol. The Hall–Kier alpha value is -2.63. The summed E-state index contributed by atoms with van der Waals surface area (Å²) < 4.78 is 0. The summed E-state index contributed by atoms with van der Waals surface area (Å²) in [6, 6.07) is 7.71. The molecule has 6 nitrogen and oxygen atoms in total. The van der Waals surface area contributed by atoms with Crippen LogP contribution < -0.4 is 16.0 Å². The smallest absolute Gasteiger partial charge is 0.251 e. The monoisotopic (exact) mass is 327 g/mol. The lowest BCUT2D eigenvalue weighted by Crippen LogP contribution is -2.29. The SMILES string of the molecule is CCNc1nc(C)cc(NCCNC(=O)c2ccc(C)cc2C)n1. The molecule has 0 fully saturated rings. The van der Waals surface area contributed by atoms with Crippen LogP contribution in [0.2, 0.25) is 0 Å². The van der Waals surface area contributed by atoms with E-state index in [1.165, 1.54) is 0 Å². The maximum absolute atomic E-state index is 12.2. The van der Waals surface area contributed by atoms with Gasteiger partial charge in [-0.05, 0) is 39.3 Å². The molecule has 24 heavy (non-hydrogen) atoms. The van der Waals surface area contributed by atoms with Crippen molar-refractivity contribution in [1.29, 1.82) is 0 Å². The Morgan fingerprint density at radius 1 is 1.04 bits per heavy atom. The fourth-order valence-corrected chi connectivity index (χ4v) is 2.43. The molecule has 0 atom stereocenters. The lowest BCUT2D eigenvalue weighted by molar-refractivity contribution is 0.0954. The summed E-state index contributed by atoms with van der Waals surface area (Å²) in [5.74, 6) is 1.31. The van der Waals surface area contributed by atoms with E-state index in [0.717, 1.165) is 29.2 Å². The molecule has 0 bridgehead atoms. The average Bonchev–Trinajstić information content (AvgIpc) is 2.51. The van der Waals surface area contributed by atoms with Crippen molar-refractivity contribution in [2.45, 2.75) is 27.7 Å². The van der Waals surface area contributed by atoms with E-state index in [1.54, 1.807) is 0 Å². The van der Waals surface area contributed by atoms with E-state index >= 15 is 0 Å². The zero-order valence-corrected chi connectivity index (χ0v) is 14.7. The van der Waals surface area contributed by atoms with Gasteiger partial charge in [0.1, 0.15) is 5.82 Å². The highest BCUT2D eigenvalue weighted by Crippen LogP contribution is 2.11. The van der Waals surface area contributed by atoms with Crippen LogP contribution in [0.3, 0.4) is 0 Å². The number of hydrogen-bond donors (Lipinski definition) is 3. The van der Waals surface area contributed by atoms with Gasteiger partial charge in [-0.25, -0.2) is 4.98 Å². The molecule has 1 aromatic heterocycles. The van der Waals surface area contributed by atoms with Crippen LogP contribution in [-0.2, 0) is 0 Å². The highest BCUT2D eigenvalue weighted by atomic mass is 16.1. The van der Waals surface area contributed by atoms with Crippen molar-refractivity contribution in [2.24, 2.45) is 0 Å². The minimum atomic E-state index is -0.0542. The molecule has 0 aliphatic rings. The third-order valence-electron chi connectivity index (χ3n) is 3.53. The molecular weight excluding hydrogens is 302 g/mol. The number of aryl methyl sites for hydroxylation is 3. The summed E-state index contributed by atoms with van der Waals surface area (Å²) in [5.41, 5.74) is 3.75. The van der Waals surface area contributed by atoms with E-state index in [4.69, 9.17) is 0 Å². The maximum atomic E-state index is 12.2. The maximum Gasteiger partial charge on any atom is 0.251 e. The number of aromatic nitrogens is 2. The third kappa shape index (κ3) is 4.94. The Morgan fingerprint density at radius 3 is 2.54 bits per heavy atom. The fourth-order valence-electron chi connectivity index (χ4n) is 2.43. The van der Waals surface area contributed by atoms with E-state index in [2.05, 4.69) is 25.9 Å². The van der Waals surface area contributed by atoms with Crippen LogP contribution in [0.5, 0.6) is 0 Å². The van der Waals surface area contributed by atoms with Crippen molar-refractivity contribution in [3.63, 3.8) is 0 Å². The molecule has 1 amide bonds. The largest absolute Gasteiger partial charge is 0.368 e. The van der Waals surface area contributed by atoms with E-state index in [1.807, 2.05) is 52.0 Å². The van der Waals surface area contributed by atoms with Crippen LogP contribution in [0.4, 0.5) is 11.8 Å². The molecule has 2 aromatic rings.